The van der Waals surface area contributed by atoms with Crippen molar-refractivity contribution in [1.82, 2.24) is 5.32 Å². The molecule has 0 aromatic heterocycles. The normalized spacial score (nSPS) is 12.0. The first kappa shape index (κ1) is 15.4. The van der Waals surface area contributed by atoms with E-state index in [0.717, 1.165) is 23.6 Å². The van der Waals surface area contributed by atoms with Crippen LogP contribution >= 0.6 is 0 Å². The quantitative estimate of drug-likeness (QED) is 0.835. The summed E-state index contributed by atoms with van der Waals surface area (Å²) in [7, 11) is 1.68. The largest absolute Gasteiger partial charge is 0.496 e. The van der Waals surface area contributed by atoms with E-state index < -0.39 is 0 Å². The topological polar surface area (TPSA) is 30.5 Å². The van der Waals surface area contributed by atoms with E-state index in [2.05, 4.69) is 25.2 Å². The lowest BCUT2D eigenvalue weighted by Crippen LogP contribution is -2.18. The van der Waals surface area contributed by atoms with Crippen LogP contribution in [0.15, 0.2) is 48.5 Å². The maximum absolute atomic E-state index is 6.01. The molecule has 1 unspecified atom stereocenters. The molecule has 0 amide bonds. The van der Waals surface area contributed by atoms with Crippen LogP contribution in [0.5, 0.6) is 11.5 Å². The van der Waals surface area contributed by atoms with Crippen LogP contribution in [0.1, 0.15) is 31.0 Å². The summed E-state index contributed by atoms with van der Waals surface area (Å²) in [6, 6.07) is 16.4. The van der Waals surface area contributed by atoms with Crippen molar-refractivity contribution in [3.8, 4) is 11.5 Å². The summed E-state index contributed by atoms with van der Waals surface area (Å²) in [5.41, 5.74) is 2.22. The summed E-state index contributed by atoms with van der Waals surface area (Å²) in [6.07, 6.45) is 0. The minimum Gasteiger partial charge on any atom is -0.496 e. The van der Waals surface area contributed by atoms with Gasteiger partial charge in [0.05, 0.1) is 7.11 Å². The van der Waals surface area contributed by atoms with Gasteiger partial charge in [0.25, 0.3) is 0 Å². The molecular formula is C18H23NO2. The molecule has 1 N–H and O–H groups in total. The number of rotatable bonds is 7. The summed E-state index contributed by atoms with van der Waals surface area (Å²) in [5.74, 6) is 1.77. The number of hydrogen-bond donors (Lipinski definition) is 1. The third-order valence-electron chi connectivity index (χ3n) is 3.47. The Morgan fingerprint density at radius 3 is 2.38 bits per heavy atom. The lowest BCUT2D eigenvalue weighted by Gasteiger charge is -2.18. The fraction of sp³-hybridized carbons (Fsp3) is 0.333. The predicted molar refractivity (Wildman–Crippen MR) is 85.9 cm³/mol. The molecule has 0 aliphatic rings. The van der Waals surface area contributed by atoms with E-state index >= 15 is 0 Å². The molecule has 2 rings (SSSR count). The van der Waals surface area contributed by atoms with Crippen LogP contribution in [0, 0.1) is 0 Å². The molecule has 0 fully saturated rings. The summed E-state index contributed by atoms with van der Waals surface area (Å²) < 4.78 is 11.4. The Morgan fingerprint density at radius 1 is 1.00 bits per heavy atom. The molecule has 2 aromatic rings. The molecule has 112 valence electrons. The fourth-order valence-electron chi connectivity index (χ4n) is 2.36. The van der Waals surface area contributed by atoms with Crippen LogP contribution in [0.25, 0.3) is 0 Å². The highest BCUT2D eigenvalue weighted by atomic mass is 16.5. The highest BCUT2D eigenvalue weighted by molar-refractivity contribution is 5.37. The monoisotopic (exact) mass is 285 g/mol. The summed E-state index contributed by atoms with van der Waals surface area (Å²) in [4.78, 5) is 0. The molecule has 1 atom stereocenters. The maximum atomic E-state index is 6.01. The minimum absolute atomic E-state index is 0.267. The van der Waals surface area contributed by atoms with Crippen molar-refractivity contribution >= 4 is 0 Å². The van der Waals surface area contributed by atoms with Gasteiger partial charge in [-0.3, -0.25) is 0 Å². The van der Waals surface area contributed by atoms with Crippen molar-refractivity contribution in [2.24, 2.45) is 0 Å². The second-order valence-corrected chi connectivity index (χ2v) is 4.92. The number of ether oxygens (including phenoxy) is 2. The van der Waals surface area contributed by atoms with Gasteiger partial charge in [-0.2, -0.15) is 0 Å². The maximum Gasteiger partial charge on any atom is 0.125 e. The standard InChI is InChI=1S/C18H23NO2/c1-4-19-14(2)16-10-6-8-12-18(16)21-13-15-9-5-7-11-17(15)20-3/h5-12,14,19H,4,13H2,1-3H3. The van der Waals surface area contributed by atoms with E-state index in [0.29, 0.717) is 6.61 Å². The van der Waals surface area contributed by atoms with Gasteiger partial charge in [0.2, 0.25) is 0 Å². The Morgan fingerprint density at radius 2 is 1.67 bits per heavy atom. The third-order valence-corrected chi connectivity index (χ3v) is 3.47. The van der Waals surface area contributed by atoms with E-state index in [1.807, 2.05) is 42.5 Å². The Kier molecular flexibility index (Phi) is 5.64. The SMILES string of the molecule is CCNC(C)c1ccccc1OCc1ccccc1OC. The van der Waals surface area contributed by atoms with Gasteiger partial charge < -0.3 is 14.8 Å². The zero-order valence-corrected chi connectivity index (χ0v) is 12.9. The number of hydrogen-bond acceptors (Lipinski definition) is 3. The molecule has 21 heavy (non-hydrogen) atoms. The number of nitrogens with one attached hydrogen (secondary N) is 1. The highest BCUT2D eigenvalue weighted by Crippen LogP contribution is 2.27. The zero-order chi connectivity index (χ0) is 15.1. The fourth-order valence-corrected chi connectivity index (χ4v) is 2.36. The molecule has 0 saturated heterocycles. The van der Waals surface area contributed by atoms with Gasteiger partial charge >= 0.3 is 0 Å². The van der Waals surface area contributed by atoms with Gasteiger partial charge in [0, 0.05) is 17.2 Å². The molecule has 0 saturated carbocycles. The van der Waals surface area contributed by atoms with Crippen molar-refractivity contribution in [2.45, 2.75) is 26.5 Å². The first-order chi connectivity index (χ1) is 10.3. The first-order valence-corrected chi connectivity index (χ1v) is 7.33. The van der Waals surface area contributed by atoms with Gasteiger partial charge in [-0.05, 0) is 25.6 Å². The van der Waals surface area contributed by atoms with Gasteiger partial charge in [-0.15, -0.1) is 0 Å². The van der Waals surface area contributed by atoms with Crippen LogP contribution in [-0.4, -0.2) is 13.7 Å². The van der Waals surface area contributed by atoms with Crippen LogP contribution in [0.3, 0.4) is 0 Å². The van der Waals surface area contributed by atoms with Crippen molar-refractivity contribution in [1.29, 1.82) is 0 Å². The van der Waals surface area contributed by atoms with E-state index in [-0.39, 0.29) is 6.04 Å². The number of methoxy groups -OCH3 is 1. The number of benzene rings is 2. The van der Waals surface area contributed by atoms with Crippen LogP contribution < -0.4 is 14.8 Å². The summed E-state index contributed by atoms with van der Waals surface area (Å²) >= 11 is 0. The zero-order valence-electron chi connectivity index (χ0n) is 12.9. The van der Waals surface area contributed by atoms with E-state index in [1.54, 1.807) is 7.11 Å². The Hall–Kier alpha value is -2.00. The van der Waals surface area contributed by atoms with Gasteiger partial charge in [-0.1, -0.05) is 43.3 Å². The third kappa shape index (κ3) is 3.99. The Balaban J connectivity index is 2.13. The lowest BCUT2D eigenvalue weighted by atomic mass is 10.1. The van der Waals surface area contributed by atoms with Crippen LogP contribution in [0.2, 0.25) is 0 Å². The minimum atomic E-state index is 0.267. The van der Waals surface area contributed by atoms with E-state index in [9.17, 15) is 0 Å². The average Bonchev–Trinajstić information content (AvgIpc) is 2.53. The molecule has 0 radical (unpaired) electrons. The van der Waals surface area contributed by atoms with Crippen molar-refractivity contribution < 1.29 is 9.47 Å². The second-order valence-electron chi connectivity index (χ2n) is 4.92. The summed E-state index contributed by atoms with van der Waals surface area (Å²) in [5, 5.41) is 3.42. The second kappa shape index (κ2) is 7.70. The molecule has 2 aromatic carbocycles. The Bertz CT molecular complexity index is 569. The smallest absolute Gasteiger partial charge is 0.125 e. The molecule has 0 aliphatic carbocycles. The lowest BCUT2D eigenvalue weighted by molar-refractivity contribution is 0.291. The van der Waals surface area contributed by atoms with Crippen LogP contribution in [0.4, 0.5) is 0 Å². The van der Waals surface area contributed by atoms with Gasteiger partial charge in [0.15, 0.2) is 0 Å². The van der Waals surface area contributed by atoms with Crippen molar-refractivity contribution in [3.63, 3.8) is 0 Å². The first-order valence-electron chi connectivity index (χ1n) is 7.33. The van der Waals surface area contributed by atoms with Gasteiger partial charge in [-0.25, -0.2) is 0 Å². The highest BCUT2D eigenvalue weighted by Gasteiger charge is 2.11. The molecule has 0 aliphatic heterocycles. The predicted octanol–water partition coefficient (Wildman–Crippen LogP) is 3.94. The number of para-hydroxylation sites is 2. The molecule has 3 nitrogen and oxygen atoms in total. The molecular weight excluding hydrogens is 262 g/mol. The molecule has 3 heteroatoms. The Labute approximate surface area is 126 Å². The summed E-state index contributed by atoms with van der Waals surface area (Å²) in [6.45, 7) is 5.69. The van der Waals surface area contributed by atoms with Gasteiger partial charge in [0.1, 0.15) is 18.1 Å². The molecule has 0 bridgehead atoms. The van der Waals surface area contributed by atoms with Crippen molar-refractivity contribution in [2.75, 3.05) is 13.7 Å². The average molecular weight is 285 g/mol. The van der Waals surface area contributed by atoms with Crippen LogP contribution in [-0.2, 0) is 6.61 Å². The molecule has 0 spiro atoms. The molecule has 0 heterocycles. The van der Waals surface area contributed by atoms with E-state index in [4.69, 9.17) is 9.47 Å². The van der Waals surface area contributed by atoms with Crippen molar-refractivity contribution in [3.05, 3.63) is 59.7 Å². The van der Waals surface area contributed by atoms with E-state index in [1.165, 1.54) is 5.56 Å².